The molecule has 1 aliphatic heterocycles. The Labute approximate surface area is 195 Å². The molecule has 2 atom stereocenters. The van der Waals surface area contributed by atoms with Crippen molar-refractivity contribution in [2.75, 3.05) is 31.7 Å². The topological polar surface area (TPSA) is 151 Å². The number of nitrogens with one attached hydrogen (secondary N) is 2. The predicted molar refractivity (Wildman–Crippen MR) is 122 cm³/mol. The summed E-state index contributed by atoms with van der Waals surface area (Å²) >= 11 is 1.54. The van der Waals surface area contributed by atoms with Gasteiger partial charge in [0.25, 0.3) is 5.91 Å². The lowest BCUT2D eigenvalue weighted by Crippen LogP contribution is -2.56. The number of nitrogens with two attached hydrogens (primary N) is 1. The van der Waals surface area contributed by atoms with E-state index in [9.17, 15) is 19.2 Å². The van der Waals surface area contributed by atoms with Crippen LogP contribution in [-0.2, 0) is 9.59 Å². The molecule has 2 heterocycles. The van der Waals surface area contributed by atoms with Crippen LogP contribution in [0.3, 0.4) is 0 Å². The smallest absolute Gasteiger partial charge is 0.319 e. The van der Waals surface area contributed by atoms with Gasteiger partial charge in [-0.05, 0) is 30.9 Å². The van der Waals surface area contributed by atoms with Crippen molar-refractivity contribution in [1.29, 1.82) is 0 Å². The number of hydrogen-bond acceptors (Lipinski definition) is 7. The summed E-state index contributed by atoms with van der Waals surface area (Å²) in [4.78, 5) is 61.6. The van der Waals surface area contributed by atoms with E-state index in [0.717, 1.165) is 9.80 Å². The Morgan fingerprint density at radius 2 is 2.06 bits per heavy atom. The van der Waals surface area contributed by atoms with Gasteiger partial charge in [0, 0.05) is 36.6 Å². The third-order valence-corrected chi connectivity index (χ3v) is 5.83. The maximum Gasteiger partial charge on any atom is 0.319 e. The third kappa shape index (κ3) is 5.98. The van der Waals surface area contributed by atoms with Gasteiger partial charge in [-0.15, -0.1) is 11.8 Å². The summed E-state index contributed by atoms with van der Waals surface area (Å²) < 4.78 is 0. The van der Waals surface area contributed by atoms with E-state index >= 15 is 0 Å². The second kappa shape index (κ2) is 10.8. The molecule has 0 spiro atoms. The molecule has 5 amide bonds. The first-order chi connectivity index (χ1) is 15.8. The summed E-state index contributed by atoms with van der Waals surface area (Å²) in [7, 11) is 1.42. The van der Waals surface area contributed by atoms with E-state index in [1.165, 1.54) is 30.5 Å². The Morgan fingerprint density at radius 3 is 2.73 bits per heavy atom. The molecule has 2 aromatic rings. The van der Waals surface area contributed by atoms with E-state index < -0.39 is 35.8 Å². The van der Waals surface area contributed by atoms with Gasteiger partial charge in [-0.2, -0.15) is 0 Å². The number of hydrogen-bond donors (Lipinski definition) is 3. The monoisotopic (exact) mass is 471 g/mol. The van der Waals surface area contributed by atoms with Crippen LogP contribution in [-0.4, -0.2) is 82.0 Å². The lowest BCUT2D eigenvalue weighted by Gasteiger charge is -2.30. The second-order valence-corrected chi connectivity index (χ2v) is 8.30. The summed E-state index contributed by atoms with van der Waals surface area (Å²) in [6.07, 6.45) is 6.39. The van der Waals surface area contributed by atoms with Crippen LogP contribution in [0.15, 0.2) is 47.8 Å². The molecule has 0 saturated carbocycles. The van der Waals surface area contributed by atoms with Crippen molar-refractivity contribution in [3.8, 4) is 0 Å². The molecule has 1 saturated heterocycles. The number of amides is 5. The fraction of sp³-hybridized carbons (Fsp3) is 0.333. The zero-order chi connectivity index (χ0) is 24.0. The van der Waals surface area contributed by atoms with Gasteiger partial charge in [-0.1, -0.05) is 6.07 Å². The van der Waals surface area contributed by atoms with E-state index in [2.05, 4.69) is 20.6 Å². The Balaban J connectivity index is 1.79. The molecule has 0 bridgehead atoms. The molecule has 11 nitrogen and oxygen atoms in total. The number of carbonyl (C=O) groups is 4. The lowest BCUT2D eigenvalue weighted by atomic mass is 10.1. The number of likely N-dealkylation sites (tertiary alicyclic amines) is 1. The number of primary amides is 1. The Morgan fingerprint density at radius 1 is 1.27 bits per heavy atom. The lowest BCUT2D eigenvalue weighted by molar-refractivity contribution is -0.137. The number of thioether (sulfide) groups is 1. The van der Waals surface area contributed by atoms with E-state index in [1.54, 1.807) is 17.8 Å². The minimum absolute atomic E-state index is 0.0758. The molecule has 1 aromatic heterocycles. The molecule has 3 rings (SSSR count). The molecule has 0 aliphatic carbocycles. The third-order valence-electron chi connectivity index (χ3n) is 5.11. The molecule has 1 aromatic carbocycles. The van der Waals surface area contributed by atoms with Gasteiger partial charge < -0.3 is 26.2 Å². The number of benzene rings is 1. The van der Waals surface area contributed by atoms with Gasteiger partial charge in [0.15, 0.2) is 0 Å². The molecule has 0 radical (unpaired) electrons. The van der Waals surface area contributed by atoms with E-state index in [0.29, 0.717) is 12.1 Å². The summed E-state index contributed by atoms with van der Waals surface area (Å²) in [5.41, 5.74) is 5.90. The molecule has 4 N–H and O–H groups in total. The molecular weight excluding hydrogens is 446 g/mol. The van der Waals surface area contributed by atoms with Crippen molar-refractivity contribution >= 4 is 41.2 Å². The number of likely N-dealkylation sites (N-methyl/N-ethyl adjacent to an activating group) is 1. The molecular formula is C21H25N7O4S. The van der Waals surface area contributed by atoms with E-state index in [4.69, 9.17) is 5.73 Å². The Kier molecular flexibility index (Phi) is 7.83. The normalized spacial score (nSPS) is 17.3. The highest BCUT2D eigenvalue weighted by Crippen LogP contribution is 2.23. The van der Waals surface area contributed by atoms with Gasteiger partial charge in [0.1, 0.15) is 11.7 Å². The summed E-state index contributed by atoms with van der Waals surface area (Å²) in [5.74, 6) is -1.70. The fourth-order valence-electron chi connectivity index (χ4n) is 3.61. The number of rotatable bonds is 7. The average molecular weight is 472 g/mol. The summed E-state index contributed by atoms with van der Waals surface area (Å²) in [6, 6.07) is 5.09. The molecule has 12 heteroatoms. The highest BCUT2D eigenvalue weighted by Gasteiger charge is 2.44. The highest BCUT2D eigenvalue weighted by atomic mass is 32.2. The van der Waals surface area contributed by atoms with Crippen LogP contribution < -0.4 is 16.4 Å². The second-order valence-electron chi connectivity index (χ2n) is 7.42. The average Bonchev–Trinajstić information content (AvgIpc) is 3.21. The molecule has 1 aliphatic rings. The van der Waals surface area contributed by atoms with Crippen LogP contribution in [0.25, 0.3) is 0 Å². The van der Waals surface area contributed by atoms with Crippen molar-refractivity contribution in [2.45, 2.75) is 23.4 Å². The number of anilines is 1. The SMILES string of the molecule is CSc1cccc(NC(=O)NC2CCN(C(=O)c3cnccn3)C2C(=O)N(C)CC(N)=O)c1. The maximum absolute atomic E-state index is 13.2. The molecule has 2 unspecified atom stereocenters. The van der Waals surface area contributed by atoms with Crippen LogP contribution in [0.2, 0.25) is 0 Å². The molecule has 1 fully saturated rings. The molecule has 33 heavy (non-hydrogen) atoms. The van der Waals surface area contributed by atoms with Gasteiger partial charge in [-0.25, -0.2) is 9.78 Å². The van der Waals surface area contributed by atoms with Crippen molar-refractivity contribution in [1.82, 2.24) is 25.1 Å². The van der Waals surface area contributed by atoms with Crippen molar-refractivity contribution in [2.24, 2.45) is 5.73 Å². The first kappa shape index (κ1) is 24.0. The van der Waals surface area contributed by atoms with Crippen LogP contribution in [0.1, 0.15) is 16.9 Å². The van der Waals surface area contributed by atoms with Gasteiger partial charge >= 0.3 is 6.03 Å². The van der Waals surface area contributed by atoms with Crippen molar-refractivity contribution < 1.29 is 19.2 Å². The van der Waals surface area contributed by atoms with Gasteiger partial charge in [-0.3, -0.25) is 19.4 Å². The predicted octanol–water partition coefficient (Wildman–Crippen LogP) is 0.547. The number of carbonyl (C=O) groups excluding carboxylic acids is 4. The van der Waals surface area contributed by atoms with Crippen LogP contribution in [0, 0.1) is 0 Å². The van der Waals surface area contributed by atoms with E-state index in [1.807, 2.05) is 24.5 Å². The largest absolute Gasteiger partial charge is 0.368 e. The van der Waals surface area contributed by atoms with Crippen molar-refractivity contribution in [3.05, 3.63) is 48.5 Å². The van der Waals surface area contributed by atoms with Crippen LogP contribution >= 0.6 is 11.8 Å². The summed E-state index contributed by atoms with van der Waals surface area (Å²) in [6.45, 7) is -0.105. The first-order valence-corrected chi connectivity index (χ1v) is 11.3. The fourth-order valence-corrected chi connectivity index (χ4v) is 4.07. The Bertz CT molecular complexity index is 1040. The van der Waals surface area contributed by atoms with Gasteiger partial charge in [0.05, 0.1) is 18.8 Å². The zero-order valence-electron chi connectivity index (χ0n) is 18.2. The number of nitrogens with zero attached hydrogens (tertiary/aromatic N) is 4. The standard InChI is InChI=1S/C21H25N7O4S/c1-27(12-17(22)29)20(31)18-15(6-9-28(18)19(30)16-11-23-7-8-24-16)26-21(32)25-13-4-3-5-14(10-13)33-2/h3-5,7-8,10-11,15,18H,6,9,12H2,1-2H3,(H2,22,29)(H2,25,26,32). The Hall–Kier alpha value is -3.67. The number of urea groups is 1. The summed E-state index contributed by atoms with van der Waals surface area (Å²) in [5, 5.41) is 5.54. The maximum atomic E-state index is 13.2. The van der Waals surface area contributed by atoms with Crippen LogP contribution in [0.4, 0.5) is 10.5 Å². The molecule has 174 valence electrons. The number of aromatic nitrogens is 2. The van der Waals surface area contributed by atoms with Crippen molar-refractivity contribution in [3.63, 3.8) is 0 Å². The first-order valence-electron chi connectivity index (χ1n) is 10.1. The highest BCUT2D eigenvalue weighted by molar-refractivity contribution is 7.98. The van der Waals surface area contributed by atoms with Crippen LogP contribution in [0.5, 0.6) is 0 Å². The minimum Gasteiger partial charge on any atom is -0.368 e. The zero-order valence-corrected chi connectivity index (χ0v) is 19.0. The minimum atomic E-state index is -1.04. The van der Waals surface area contributed by atoms with E-state index in [-0.39, 0.29) is 18.8 Å². The quantitative estimate of drug-likeness (QED) is 0.499. The van der Waals surface area contributed by atoms with Gasteiger partial charge in [0.2, 0.25) is 11.8 Å².